The molecule has 0 saturated heterocycles. The summed E-state index contributed by atoms with van der Waals surface area (Å²) in [7, 11) is 0. The molecule has 0 aliphatic rings. The maximum Gasteiger partial charge on any atom is 0.324 e. The number of nitrogens with zero attached hydrogens (tertiary/aromatic N) is 3. The van der Waals surface area contributed by atoms with Gasteiger partial charge in [0.1, 0.15) is 18.8 Å². The van der Waals surface area contributed by atoms with E-state index in [0.717, 1.165) is 11.2 Å². The molecule has 0 saturated carbocycles. The number of carboxylic acid groups (broad SMARTS) is 2. The van der Waals surface area contributed by atoms with Crippen LogP contribution in [-0.2, 0) is 16.2 Å². The molecule has 0 amide bonds. The number of aryl methyl sites for hydroxylation is 1. The van der Waals surface area contributed by atoms with E-state index in [1.54, 1.807) is 6.92 Å². The van der Waals surface area contributed by atoms with E-state index < -0.39 is 31.6 Å². The summed E-state index contributed by atoms with van der Waals surface area (Å²) in [5.74, 6) is -2.70. The van der Waals surface area contributed by atoms with Crippen LogP contribution in [0.1, 0.15) is 16.8 Å². The monoisotopic (exact) mass is 297 g/mol. The maximum absolute atomic E-state index is 10.6. The van der Waals surface area contributed by atoms with Gasteiger partial charge in [-0.25, -0.2) is 0 Å². The number of rotatable bonds is 7. The quantitative estimate of drug-likeness (QED) is 0.385. The molecule has 4 N–H and O–H groups in total. The van der Waals surface area contributed by atoms with Crippen molar-refractivity contribution < 1.29 is 30.0 Å². The molecule has 0 atom stereocenters. The lowest BCUT2D eigenvalue weighted by Gasteiger charge is -2.14. The number of hydrogen-bond acceptors (Lipinski definition) is 7. The highest BCUT2D eigenvalue weighted by atomic mass is 16.4. The van der Waals surface area contributed by atoms with E-state index in [2.05, 4.69) is 10.1 Å². The van der Waals surface area contributed by atoms with Crippen molar-refractivity contribution in [1.29, 1.82) is 0 Å². The van der Waals surface area contributed by atoms with Crippen LogP contribution in [0.2, 0.25) is 0 Å². The van der Waals surface area contributed by atoms with Gasteiger partial charge in [0.15, 0.2) is 0 Å². The Labute approximate surface area is 119 Å². The van der Waals surface area contributed by atoms with Gasteiger partial charge in [0.2, 0.25) is 0 Å². The molecule has 1 aromatic heterocycles. The SMILES string of the molecule is Cc1ncc(CO)c(C=NN(CC(=O)O)CC(=O)O)c1O. The van der Waals surface area contributed by atoms with Crippen molar-refractivity contribution >= 4 is 18.2 Å². The molecule has 114 valence electrons. The maximum atomic E-state index is 10.6. The molecule has 0 aromatic carbocycles. The van der Waals surface area contributed by atoms with Gasteiger partial charge < -0.3 is 20.4 Å². The normalized spacial score (nSPS) is 10.8. The van der Waals surface area contributed by atoms with Crippen LogP contribution in [0.25, 0.3) is 0 Å². The number of aromatic nitrogens is 1. The zero-order valence-electron chi connectivity index (χ0n) is 11.2. The molecule has 1 rings (SSSR count). The average Bonchev–Trinajstić information content (AvgIpc) is 2.38. The van der Waals surface area contributed by atoms with Gasteiger partial charge in [0, 0.05) is 17.3 Å². The average molecular weight is 297 g/mol. The smallest absolute Gasteiger partial charge is 0.324 e. The fourth-order valence-electron chi connectivity index (χ4n) is 1.51. The highest BCUT2D eigenvalue weighted by Crippen LogP contribution is 2.22. The third-order valence-corrected chi connectivity index (χ3v) is 2.51. The van der Waals surface area contributed by atoms with Crippen LogP contribution >= 0.6 is 0 Å². The van der Waals surface area contributed by atoms with E-state index >= 15 is 0 Å². The third-order valence-electron chi connectivity index (χ3n) is 2.51. The summed E-state index contributed by atoms with van der Waals surface area (Å²) in [4.78, 5) is 25.1. The van der Waals surface area contributed by atoms with E-state index in [9.17, 15) is 19.8 Å². The Morgan fingerprint density at radius 1 is 1.33 bits per heavy atom. The molecule has 0 bridgehead atoms. The first kappa shape index (κ1) is 16.4. The van der Waals surface area contributed by atoms with Gasteiger partial charge in [-0.15, -0.1) is 0 Å². The van der Waals surface area contributed by atoms with E-state index in [1.807, 2.05) is 0 Å². The number of hydrogen-bond donors (Lipinski definition) is 4. The van der Waals surface area contributed by atoms with Crippen molar-refractivity contribution in [3.05, 3.63) is 23.0 Å². The number of aliphatic carboxylic acids is 2. The molecular weight excluding hydrogens is 282 g/mol. The summed E-state index contributed by atoms with van der Waals surface area (Å²) in [6.07, 6.45) is 2.44. The van der Waals surface area contributed by atoms with Crippen LogP contribution in [0, 0.1) is 6.92 Å². The number of pyridine rings is 1. The Kier molecular flexibility index (Phi) is 5.61. The minimum Gasteiger partial charge on any atom is -0.505 e. The largest absolute Gasteiger partial charge is 0.505 e. The van der Waals surface area contributed by atoms with Crippen molar-refractivity contribution in [3.63, 3.8) is 0 Å². The number of carbonyl (C=O) groups is 2. The molecule has 0 fully saturated rings. The second-order valence-electron chi connectivity index (χ2n) is 4.14. The summed E-state index contributed by atoms with van der Waals surface area (Å²) in [6.45, 7) is -0.0790. The molecule has 0 spiro atoms. The van der Waals surface area contributed by atoms with E-state index in [0.29, 0.717) is 5.69 Å². The summed E-state index contributed by atoms with van der Waals surface area (Å²) >= 11 is 0. The molecule has 0 aliphatic heterocycles. The second-order valence-corrected chi connectivity index (χ2v) is 4.14. The Balaban J connectivity index is 3.07. The van der Waals surface area contributed by atoms with Gasteiger partial charge in [0.05, 0.1) is 18.5 Å². The van der Waals surface area contributed by atoms with Crippen LogP contribution in [0.3, 0.4) is 0 Å². The number of carboxylic acids is 2. The first-order valence-electron chi connectivity index (χ1n) is 5.86. The fraction of sp³-hybridized carbons (Fsp3) is 0.333. The summed E-state index contributed by atoms with van der Waals surface area (Å²) in [6, 6.07) is 0. The summed E-state index contributed by atoms with van der Waals surface area (Å²) in [5, 5.41) is 41.0. The van der Waals surface area contributed by atoms with Crippen LogP contribution in [0.5, 0.6) is 5.75 Å². The Bertz CT molecular complexity index is 556. The minimum atomic E-state index is -1.24. The molecule has 1 aromatic rings. The predicted molar refractivity (Wildman–Crippen MR) is 71.0 cm³/mol. The molecule has 0 aliphatic carbocycles. The first-order chi connectivity index (χ1) is 9.85. The van der Waals surface area contributed by atoms with Crippen molar-refractivity contribution in [2.75, 3.05) is 13.1 Å². The zero-order chi connectivity index (χ0) is 16.0. The van der Waals surface area contributed by atoms with Crippen molar-refractivity contribution in [1.82, 2.24) is 9.99 Å². The van der Waals surface area contributed by atoms with Crippen molar-refractivity contribution in [3.8, 4) is 5.75 Å². The molecular formula is C12H15N3O6. The number of aliphatic hydroxyl groups excluding tert-OH is 1. The molecule has 21 heavy (non-hydrogen) atoms. The standard InChI is InChI=1S/C12H15N3O6/c1-7-12(21)9(8(6-16)2-13-7)3-14-15(4-10(17)18)5-11(19)20/h2-3,16,21H,4-6H2,1H3,(H,17,18)(H,19,20). The lowest BCUT2D eigenvalue weighted by Crippen LogP contribution is -2.30. The van der Waals surface area contributed by atoms with E-state index in [1.165, 1.54) is 6.20 Å². The van der Waals surface area contributed by atoms with Gasteiger partial charge in [-0.05, 0) is 6.92 Å². The van der Waals surface area contributed by atoms with E-state index in [4.69, 9.17) is 10.2 Å². The number of aliphatic hydroxyl groups is 1. The predicted octanol–water partition coefficient (Wildman–Crippen LogP) is -0.607. The minimum absolute atomic E-state index is 0.158. The van der Waals surface area contributed by atoms with Gasteiger partial charge in [-0.3, -0.25) is 19.6 Å². The first-order valence-corrected chi connectivity index (χ1v) is 5.86. The zero-order valence-corrected chi connectivity index (χ0v) is 11.2. The lowest BCUT2D eigenvalue weighted by molar-refractivity contribution is -0.141. The van der Waals surface area contributed by atoms with Crippen LogP contribution in [0.15, 0.2) is 11.3 Å². The molecule has 0 radical (unpaired) electrons. The second kappa shape index (κ2) is 7.20. The van der Waals surface area contributed by atoms with Crippen LogP contribution < -0.4 is 0 Å². The molecule has 0 unspecified atom stereocenters. The molecule has 9 nitrogen and oxygen atoms in total. The Morgan fingerprint density at radius 3 is 2.38 bits per heavy atom. The summed E-state index contributed by atoms with van der Waals surface area (Å²) in [5.41, 5.74) is 0.745. The topological polar surface area (TPSA) is 144 Å². The van der Waals surface area contributed by atoms with Crippen LogP contribution in [0.4, 0.5) is 0 Å². The van der Waals surface area contributed by atoms with Gasteiger partial charge >= 0.3 is 11.9 Å². The summed E-state index contributed by atoms with van der Waals surface area (Å²) < 4.78 is 0. The number of aromatic hydroxyl groups is 1. The Morgan fingerprint density at radius 2 is 1.90 bits per heavy atom. The van der Waals surface area contributed by atoms with Gasteiger partial charge in [-0.2, -0.15) is 5.10 Å². The Hall–Kier alpha value is -2.68. The molecule has 1 heterocycles. The van der Waals surface area contributed by atoms with Gasteiger partial charge in [0.25, 0.3) is 0 Å². The van der Waals surface area contributed by atoms with Crippen molar-refractivity contribution in [2.45, 2.75) is 13.5 Å². The fourth-order valence-corrected chi connectivity index (χ4v) is 1.51. The lowest BCUT2D eigenvalue weighted by atomic mass is 10.1. The highest BCUT2D eigenvalue weighted by molar-refractivity contribution is 5.85. The van der Waals surface area contributed by atoms with Crippen molar-refractivity contribution in [2.24, 2.45) is 5.10 Å². The van der Waals surface area contributed by atoms with Crippen LogP contribution in [-0.4, -0.2) is 61.7 Å². The third kappa shape index (κ3) is 4.73. The number of hydrazone groups is 1. The van der Waals surface area contributed by atoms with E-state index in [-0.39, 0.29) is 16.9 Å². The highest BCUT2D eigenvalue weighted by Gasteiger charge is 2.13. The van der Waals surface area contributed by atoms with Gasteiger partial charge in [-0.1, -0.05) is 0 Å². The molecule has 9 heteroatoms.